The molecule has 0 heterocycles. The van der Waals surface area contributed by atoms with Gasteiger partial charge in [-0.05, 0) is 0 Å². The number of rotatable bonds is 6. The molecule has 4 nitrogen and oxygen atoms in total. The maximum absolute atomic E-state index is 13.1. The number of carbonyl (C=O) groups excluding carboxylic acids is 2. The third-order valence-electron chi connectivity index (χ3n) is 5.03. The van der Waals surface area contributed by atoms with E-state index in [9.17, 15) is 9.59 Å². The van der Waals surface area contributed by atoms with Crippen molar-refractivity contribution in [1.29, 1.82) is 0 Å². The SMILES string of the molecule is CC[N]([Hf+2][N](CC)C(=O)c1cccc(C)c1C)C(=O)c1cccc(C)c1C.[Cl-].[Cl-]. The summed E-state index contributed by atoms with van der Waals surface area (Å²) in [5, 5.41) is 0. The Hall–Kier alpha value is -1.17. The van der Waals surface area contributed by atoms with Crippen molar-refractivity contribution in [2.24, 2.45) is 0 Å². The van der Waals surface area contributed by atoms with Crippen molar-refractivity contribution in [2.75, 3.05) is 13.1 Å². The zero-order chi connectivity index (χ0) is 20.1. The second-order valence-electron chi connectivity index (χ2n) is 6.69. The van der Waals surface area contributed by atoms with Crippen molar-refractivity contribution < 1.29 is 57.9 Å². The van der Waals surface area contributed by atoms with Gasteiger partial charge in [0.2, 0.25) is 0 Å². The first-order chi connectivity index (χ1) is 12.8. The third-order valence-corrected chi connectivity index (χ3v) is 10.5. The normalized spacial score (nSPS) is 9.59. The molecule has 2 rings (SSSR count). The van der Waals surface area contributed by atoms with Crippen LogP contribution in [0.25, 0.3) is 0 Å². The van der Waals surface area contributed by atoms with Crippen LogP contribution in [0.1, 0.15) is 56.8 Å². The molecule has 0 bridgehead atoms. The molecule has 0 fully saturated rings. The molecule has 0 unspecified atom stereocenters. The Morgan fingerprint density at radius 2 is 1.07 bits per heavy atom. The third kappa shape index (κ3) is 6.40. The fourth-order valence-electron chi connectivity index (χ4n) is 2.92. The summed E-state index contributed by atoms with van der Waals surface area (Å²) in [5.74, 6) is 0.100. The Labute approximate surface area is 199 Å². The molecule has 0 N–H and O–H groups in total. The molecule has 0 aliphatic rings. The molecular weight excluding hydrogens is 574 g/mol. The maximum atomic E-state index is 13.1. The largest absolute Gasteiger partial charge is 1.00 e. The Balaban J connectivity index is 0.00000392. The van der Waals surface area contributed by atoms with Gasteiger partial charge in [-0.1, -0.05) is 0 Å². The standard InChI is InChI=1S/2C11H15NO.2ClH.Hf/c2*1-4-12-11(13)10-7-5-6-8(2)9(10)3;;;/h2*5-7H,4H2,1-3H3,(H,12,13);2*1H;/q;;;;+4/p-4. The number of aryl methyl sites for hydroxylation is 2. The molecule has 0 spiro atoms. The van der Waals surface area contributed by atoms with E-state index in [1.807, 2.05) is 83.7 Å². The number of hydrogen-bond acceptors (Lipinski definition) is 2. The van der Waals surface area contributed by atoms with Crippen molar-refractivity contribution in [1.82, 2.24) is 5.78 Å². The average molecular weight is 602 g/mol. The molecule has 0 aliphatic heterocycles. The molecule has 29 heavy (non-hydrogen) atoms. The molecule has 0 saturated heterocycles. The topological polar surface area (TPSA) is 40.6 Å². The zero-order valence-electron chi connectivity index (χ0n) is 17.8. The van der Waals surface area contributed by atoms with E-state index in [1.54, 1.807) is 0 Å². The van der Waals surface area contributed by atoms with Crippen LogP contribution in [-0.2, 0) is 23.5 Å². The van der Waals surface area contributed by atoms with Gasteiger partial charge in [-0.15, -0.1) is 0 Å². The van der Waals surface area contributed by atoms with Crippen LogP contribution in [0.5, 0.6) is 0 Å². The molecular formula is C22H28Cl2HfN2O2. The maximum Gasteiger partial charge on any atom is -1.00 e. The second-order valence-corrected chi connectivity index (χ2v) is 11.3. The van der Waals surface area contributed by atoms with E-state index in [1.165, 1.54) is 0 Å². The van der Waals surface area contributed by atoms with Gasteiger partial charge >= 0.3 is 175 Å². The quantitative estimate of drug-likeness (QED) is 0.377. The first kappa shape index (κ1) is 27.8. The fourth-order valence-corrected chi connectivity index (χ4v) is 6.50. The van der Waals surface area contributed by atoms with Gasteiger partial charge in [-0.3, -0.25) is 0 Å². The van der Waals surface area contributed by atoms with Gasteiger partial charge < -0.3 is 24.8 Å². The summed E-state index contributed by atoms with van der Waals surface area (Å²) in [4.78, 5) is 26.2. The molecule has 156 valence electrons. The summed E-state index contributed by atoms with van der Waals surface area (Å²) in [6.45, 7) is 13.3. The van der Waals surface area contributed by atoms with Crippen LogP contribution >= 0.6 is 0 Å². The first-order valence-electron chi connectivity index (χ1n) is 9.34. The molecule has 0 radical (unpaired) electrons. The fraction of sp³-hybridized carbons (Fsp3) is 0.364. The van der Waals surface area contributed by atoms with Crippen LogP contribution in [-0.4, -0.2) is 30.7 Å². The van der Waals surface area contributed by atoms with Gasteiger partial charge in [0, 0.05) is 0 Å². The smallest absolute Gasteiger partial charge is 1.00 e. The monoisotopic (exact) mass is 602 g/mol. The second kappa shape index (κ2) is 12.5. The van der Waals surface area contributed by atoms with Gasteiger partial charge in [-0.25, -0.2) is 0 Å². The van der Waals surface area contributed by atoms with Crippen molar-refractivity contribution in [3.05, 3.63) is 69.8 Å². The molecule has 2 amide bonds. The van der Waals surface area contributed by atoms with E-state index in [-0.39, 0.29) is 36.6 Å². The Morgan fingerprint density at radius 1 is 0.724 bits per heavy atom. The van der Waals surface area contributed by atoms with Crippen molar-refractivity contribution in [2.45, 2.75) is 41.5 Å². The van der Waals surface area contributed by atoms with Gasteiger partial charge in [-0.2, -0.15) is 0 Å². The summed E-state index contributed by atoms with van der Waals surface area (Å²) in [6.07, 6.45) is 0. The Kier molecular flexibility index (Phi) is 12.0. The van der Waals surface area contributed by atoms with E-state index in [0.717, 1.165) is 33.4 Å². The Morgan fingerprint density at radius 3 is 1.38 bits per heavy atom. The van der Waals surface area contributed by atoms with Crippen molar-refractivity contribution in [3.63, 3.8) is 0 Å². The predicted molar refractivity (Wildman–Crippen MR) is 105 cm³/mol. The summed E-state index contributed by atoms with van der Waals surface area (Å²) in [5.41, 5.74) is 5.77. The molecule has 2 aromatic carbocycles. The molecule has 0 saturated carbocycles. The molecule has 0 aliphatic carbocycles. The molecule has 0 atom stereocenters. The summed E-state index contributed by atoms with van der Waals surface area (Å²) < 4.78 is 3.85. The molecule has 2 aromatic rings. The minimum absolute atomic E-state index is 0. The minimum atomic E-state index is -1.84. The van der Waals surface area contributed by atoms with Gasteiger partial charge in [0.1, 0.15) is 0 Å². The van der Waals surface area contributed by atoms with Crippen LogP contribution in [0.2, 0.25) is 0 Å². The summed E-state index contributed by atoms with van der Waals surface area (Å²) in [6, 6.07) is 11.7. The number of carbonyl (C=O) groups is 2. The number of halogens is 2. The van der Waals surface area contributed by atoms with E-state index >= 15 is 0 Å². The number of nitrogens with zero attached hydrogens (tertiary/aromatic N) is 2. The average Bonchev–Trinajstić information content (AvgIpc) is 2.66. The van der Waals surface area contributed by atoms with E-state index in [0.29, 0.717) is 13.1 Å². The van der Waals surface area contributed by atoms with Crippen LogP contribution in [0, 0.1) is 27.7 Å². The summed E-state index contributed by atoms with van der Waals surface area (Å²) in [7, 11) is 0. The number of hydrogen-bond donors (Lipinski definition) is 0. The van der Waals surface area contributed by atoms with Gasteiger partial charge in [0.15, 0.2) is 0 Å². The van der Waals surface area contributed by atoms with Gasteiger partial charge in [0.25, 0.3) is 0 Å². The molecule has 0 aromatic heterocycles. The molecule has 7 heteroatoms. The van der Waals surface area contributed by atoms with E-state index < -0.39 is 23.5 Å². The number of benzene rings is 2. The zero-order valence-corrected chi connectivity index (χ0v) is 22.9. The van der Waals surface area contributed by atoms with Crippen LogP contribution in [0.3, 0.4) is 0 Å². The minimum Gasteiger partial charge on any atom is -1.00 e. The first-order valence-corrected chi connectivity index (χ1v) is 12.6. The van der Waals surface area contributed by atoms with Crippen LogP contribution in [0.4, 0.5) is 0 Å². The van der Waals surface area contributed by atoms with E-state index in [4.69, 9.17) is 0 Å². The number of amides is 2. The van der Waals surface area contributed by atoms with E-state index in [2.05, 4.69) is 0 Å². The van der Waals surface area contributed by atoms with Crippen molar-refractivity contribution in [3.8, 4) is 0 Å². The predicted octanol–water partition coefficient (Wildman–Crippen LogP) is -1.53. The van der Waals surface area contributed by atoms with Crippen molar-refractivity contribution >= 4 is 11.8 Å². The van der Waals surface area contributed by atoms with Crippen LogP contribution < -0.4 is 24.8 Å². The summed E-state index contributed by atoms with van der Waals surface area (Å²) >= 11 is -1.84. The van der Waals surface area contributed by atoms with Gasteiger partial charge in [0.05, 0.1) is 0 Å². The van der Waals surface area contributed by atoms with Crippen LogP contribution in [0.15, 0.2) is 36.4 Å². The Bertz CT molecular complexity index is 789.